The van der Waals surface area contributed by atoms with Crippen molar-refractivity contribution in [2.75, 3.05) is 32.1 Å². The van der Waals surface area contributed by atoms with E-state index in [4.69, 9.17) is 11.6 Å². The molecule has 0 unspecified atom stereocenters. The third kappa shape index (κ3) is 5.70. The van der Waals surface area contributed by atoms with Crippen LogP contribution in [0.15, 0.2) is 23.2 Å². The van der Waals surface area contributed by atoms with Crippen LogP contribution >= 0.6 is 23.4 Å². The first-order chi connectivity index (χ1) is 9.19. The predicted octanol–water partition coefficient (Wildman–Crippen LogP) is 2.55. The zero-order valence-electron chi connectivity index (χ0n) is 11.2. The molecule has 3 nitrogen and oxygen atoms in total. The van der Waals surface area contributed by atoms with Crippen LogP contribution < -0.4 is 10.6 Å². The number of guanidine groups is 1. The molecule has 1 rings (SSSR count). The first-order valence-corrected chi connectivity index (χ1v) is 7.82. The van der Waals surface area contributed by atoms with Crippen molar-refractivity contribution in [3.63, 3.8) is 0 Å². The maximum Gasteiger partial charge on any atom is 0.191 e. The standard InChI is InChI=1S/C13H19ClFN3S/c1-16-13(18-8-9-19-2)17-7-6-10-11(14)4-3-5-12(10)15/h3-5H,6-9H2,1-2H3,(H2,16,17,18). The third-order valence-electron chi connectivity index (χ3n) is 2.55. The molecule has 1 aromatic rings. The maximum absolute atomic E-state index is 13.5. The van der Waals surface area contributed by atoms with Crippen LogP contribution in [0.2, 0.25) is 5.02 Å². The highest BCUT2D eigenvalue weighted by Gasteiger charge is 2.06. The van der Waals surface area contributed by atoms with Crippen LogP contribution in [0.25, 0.3) is 0 Å². The molecule has 0 fully saturated rings. The SMILES string of the molecule is CN=C(NCCSC)NCCc1c(F)cccc1Cl. The number of rotatable bonds is 6. The van der Waals surface area contributed by atoms with E-state index in [1.165, 1.54) is 6.07 Å². The summed E-state index contributed by atoms with van der Waals surface area (Å²) in [7, 11) is 1.71. The molecule has 0 atom stereocenters. The van der Waals surface area contributed by atoms with Gasteiger partial charge in [-0.05, 0) is 24.8 Å². The van der Waals surface area contributed by atoms with E-state index in [1.54, 1.807) is 30.9 Å². The lowest BCUT2D eigenvalue weighted by Crippen LogP contribution is -2.39. The summed E-state index contributed by atoms with van der Waals surface area (Å²) in [5, 5.41) is 6.78. The first kappa shape index (κ1) is 16.1. The second-order valence-corrected chi connectivity index (χ2v) is 5.26. The first-order valence-electron chi connectivity index (χ1n) is 6.05. The number of hydrogen-bond acceptors (Lipinski definition) is 2. The molecule has 19 heavy (non-hydrogen) atoms. The minimum atomic E-state index is -0.264. The number of nitrogens with one attached hydrogen (secondary N) is 2. The molecule has 6 heteroatoms. The Kier molecular flexibility index (Phi) is 7.67. The van der Waals surface area contributed by atoms with E-state index in [2.05, 4.69) is 21.9 Å². The number of nitrogens with zero attached hydrogens (tertiary/aromatic N) is 1. The van der Waals surface area contributed by atoms with Crippen molar-refractivity contribution < 1.29 is 4.39 Å². The molecule has 0 aliphatic carbocycles. The van der Waals surface area contributed by atoms with Crippen LogP contribution in [-0.2, 0) is 6.42 Å². The van der Waals surface area contributed by atoms with Gasteiger partial charge in [-0.15, -0.1) is 0 Å². The lowest BCUT2D eigenvalue weighted by atomic mass is 10.1. The van der Waals surface area contributed by atoms with Gasteiger partial charge in [0.25, 0.3) is 0 Å². The van der Waals surface area contributed by atoms with Gasteiger partial charge in [0.15, 0.2) is 5.96 Å². The van der Waals surface area contributed by atoms with E-state index in [0.29, 0.717) is 23.6 Å². The second kappa shape index (κ2) is 9.04. The van der Waals surface area contributed by atoms with E-state index in [9.17, 15) is 4.39 Å². The van der Waals surface area contributed by atoms with Gasteiger partial charge in [0.05, 0.1) is 0 Å². The van der Waals surface area contributed by atoms with Crippen molar-refractivity contribution in [1.82, 2.24) is 10.6 Å². The lowest BCUT2D eigenvalue weighted by molar-refractivity contribution is 0.607. The Morgan fingerprint density at radius 2 is 2.11 bits per heavy atom. The van der Waals surface area contributed by atoms with Crippen LogP contribution in [0.4, 0.5) is 4.39 Å². The molecule has 0 aliphatic rings. The van der Waals surface area contributed by atoms with Gasteiger partial charge in [-0.25, -0.2) is 4.39 Å². The summed E-state index contributed by atoms with van der Waals surface area (Å²) in [4.78, 5) is 4.09. The van der Waals surface area contributed by atoms with Gasteiger partial charge in [0.2, 0.25) is 0 Å². The van der Waals surface area contributed by atoms with Gasteiger partial charge < -0.3 is 10.6 Å². The Balaban J connectivity index is 2.40. The Hall–Kier alpha value is -0.940. The molecule has 0 aromatic heterocycles. The summed E-state index contributed by atoms with van der Waals surface area (Å²) in [6.07, 6.45) is 2.58. The molecule has 106 valence electrons. The Labute approximate surface area is 123 Å². The Morgan fingerprint density at radius 1 is 1.37 bits per heavy atom. The van der Waals surface area contributed by atoms with E-state index in [-0.39, 0.29) is 5.82 Å². The predicted molar refractivity (Wildman–Crippen MR) is 82.9 cm³/mol. The molecule has 2 N–H and O–H groups in total. The van der Waals surface area contributed by atoms with Crippen molar-refractivity contribution in [3.05, 3.63) is 34.6 Å². The van der Waals surface area contributed by atoms with E-state index >= 15 is 0 Å². The zero-order chi connectivity index (χ0) is 14.1. The number of thioether (sulfide) groups is 1. The van der Waals surface area contributed by atoms with Gasteiger partial charge in [0.1, 0.15) is 5.82 Å². The molecular formula is C13H19ClFN3S. The highest BCUT2D eigenvalue weighted by Crippen LogP contribution is 2.18. The quantitative estimate of drug-likeness (QED) is 0.482. The average molecular weight is 304 g/mol. The van der Waals surface area contributed by atoms with Crippen molar-refractivity contribution >= 4 is 29.3 Å². The second-order valence-electron chi connectivity index (χ2n) is 3.87. The van der Waals surface area contributed by atoms with Crippen molar-refractivity contribution in [2.24, 2.45) is 4.99 Å². The summed E-state index contributed by atoms with van der Waals surface area (Å²) in [6, 6.07) is 4.73. The smallest absolute Gasteiger partial charge is 0.191 e. The molecular weight excluding hydrogens is 285 g/mol. The van der Waals surface area contributed by atoms with Gasteiger partial charge in [-0.3, -0.25) is 4.99 Å². The number of benzene rings is 1. The number of halogens is 2. The van der Waals surface area contributed by atoms with Crippen LogP contribution in [-0.4, -0.2) is 38.1 Å². The molecule has 0 spiro atoms. The summed E-state index contributed by atoms with van der Waals surface area (Å²) in [6.45, 7) is 1.43. The Bertz CT molecular complexity index is 406. The average Bonchev–Trinajstić information content (AvgIpc) is 2.40. The van der Waals surface area contributed by atoms with Gasteiger partial charge >= 0.3 is 0 Å². The fraction of sp³-hybridized carbons (Fsp3) is 0.462. The van der Waals surface area contributed by atoms with E-state index < -0.39 is 0 Å². The minimum Gasteiger partial charge on any atom is -0.356 e. The normalized spacial score (nSPS) is 11.5. The van der Waals surface area contributed by atoms with E-state index in [0.717, 1.165) is 18.3 Å². The topological polar surface area (TPSA) is 36.4 Å². The van der Waals surface area contributed by atoms with Gasteiger partial charge in [0, 0.05) is 36.5 Å². The highest BCUT2D eigenvalue weighted by molar-refractivity contribution is 7.98. The fourth-order valence-corrected chi connectivity index (χ4v) is 2.13. The molecule has 0 radical (unpaired) electrons. The van der Waals surface area contributed by atoms with Crippen molar-refractivity contribution in [2.45, 2.75) is 6.42 Å². The molecule has 0 bridgehead atoms. The van der Waals surface area contributed by atoms with Crippen molar-refractivity contribution in [1.29, 1.82) is 0 Å². The van der Waals surface area contributed by atoms with Crippen LogP contribution in [0.1, 0.15) is 5.56 Å². The molecule has 0 heterocycles. The van der Waals surface area contributed by atoms with Crippen LogP contribution in [0.3, 0.4) is 0 Å². The highest BCUT2D eigenvalue weighted by atomic mass is 35.5. The summed E-state index contributed by atoms with van der Waals surface area (Å²) >= 11 is 7.73. The fourth-order valence-electron chi connectivity index (χ4n) is 1.57. The maximum atomic E-state index is 13.5. The summed E-state index contributed by atoms with van der Waals surface area (Å²) in [5.74, 6) is 1.47. The zero-order valence-corrected chi connectivity index (χ0v) is 12.7. The summed E-state index contributed by atoms with van der Waals surface area (Å²) in [5.41, 5.74) is 0.538. The van der Waals surface area contributed by atoms with Crippen molar-refractivity contribution in [3.8, 4) is 0 Å². The molecule has 0 aliphatic heterocycles. The van der Waals surface area contributed by atoms with Crippen LogP contribution in [0, 0.1) is 5.82 Å². The number of aliphatic imine (C=N–C) groups is 1. The lowest BCUT2D eigenvalue weighted by Gasteiger charge is -2.12. The largest absolute Gasteiger partial charge is 0.356 e. The summed E-state index contributed by atoms with van der Waals surface area (Å²) < 4.78 is 13.5. The Morgan fingerprint density at radius 3 is 2.74 bits per heavy atom. The van der Waals surface area contributed by atoms with Gasteiger partial charge in [-0.2, -0.15) is 11.8 Å². The number of hydrogen-bond donors (Lipinski definition) is 2. The third-order valence-corrected chi connectivity index (χ3v) is 3.52. The molecule has 1 aromatic carbocycles. The van der Waals surface area contributed by atoms with E-state index in [1.807, 2.05) is 0 Å². The minimum absolute atomic E-state index is 0.264. The van der Waals surface area contributed by atoms with Gasteiger partial charge in [-0.1, -0.05) is 17.7 Å². The monoisotopic (exact) mass is 303 g/mol. The van der Waals surface area contributed by atoms with Crippen LogP contribution in [0.5, 0.6) is 0 Å². The molecule has 0 saturated heterocycles. The molecule has 0 saturated carbocycles. The molecule has 0 amide bonds.